The molecule has 9 heteroatoms. The van der Waals surface area contributed by atoms with Crippen LogP contribution in [0.3, 0.4) is 0 Å². The Hall–Kier alpha value is -2.68. The van der Waals surface area contributed by atoms with E-state index in [0.717, 1.165) is 18.6 Å². The lowest BCUT2D eigenvalue weighted by Crippen LogP contribution is -2.40. The summed E-state index contributed by atoms with van der Waals surface area (Å²) < 4.78 is 31.1. The highest BCUT2D eigenvalue weighted by molar-refractivity contribution is 7.92. The number of amides is 2. The van der Waals surface area contributed by atoms with Crippen molar-refractivity contribution in [3.8, 4) is 0 Å². The van der Waals surface area contributed by atoms with E-state index in [0.29, 0.717) is 37.3 Å². The molecule has 0 spiro atoms. The van der Waals surface area contributed by atoms with Gasteiger partial charge in [0.15, 0.2) is 15.5 Å². The molecule has 0 radical (unpaired) electrons. The topological polar surface area (TPSA) is 118 Å². The van der Waals surface area contributed by atoms with Crippen LogP contribution in [0.15, 0.2) is 39.8 Å². The molecule has 30 heavy (non-hydrogen) atoms. The van der Waals surface area contributed by atoms with Gasteiger partial charge < -0.3 is 15.2 Å². The van der Waals surface area contributed by atoms with Gasteiger partial charge in [0.05, 0.1) is 10.1 Å². The Labute approximate surface area is 175 Å². The Morgan fingerprint density at radius 2 is 1.70 bits per heavy atom. The Morgan fingerprint density at radius 3 is 2.30 bits per heavy atom. The van der Waals surface area contributed by atoms with Gasteiger partial charge in [0.1, 0.15) is 5.76 Å². The first-order valence-corrected chi connectivity index (χ1v) is 11.8. The van der Waals surface area contributed by atoms with E-state index in [-0.39, 0.29) is 28.4 Å². The number of nitrogens with one attached hydrogen (secondary N) is 2. The Morgan fingerprint density at radius 1 is 1.03 bits per heavy atom. The number of rotatable bonds is 6. The summed E-state index contributed by atoms with van der Waals surface area (Å²) in [6.45, 7) is 1.40. The van der Waals surface area contributed by atoms with Crippen LogP contribution < -0.4 is 10.6 Å². The minimum Gasteiger partial charge on any atom is -0.360 e. The predicted octanol–water partition coefficient (Wildman–Crippen LogP) is 3.03. The molecule has 2 amide bonds. The minimum atomic E-state index is -3.46. The summed E-state index contributed by atoms with van der Waals surface area (Å²) >= 11 is 0. The first-order chi connectivity index (χ1) is 14.3. The number of nitrogens with zero attached hydrogens (tertiary/aromatic N) is 1. The van der Waals surface area contributed by atoms with Crippen LogP contribution in [-0.4, -0.2) is 36.7 Å². The van der Waals surface area contributed by atoms with Crippen LogP contribution in [0, 0.1) is 0 Å². The summed E-state index contributed by atoms with van der Waals surface area (Å²) in [5, 5.41) is 8.95. The number of carbonyl (C=O) groups is 2. The third-order valence-electron chi connectivity index (χ3n) is 5.69. The number of aromatic nitrogens is 1. The van der Waals surface area contributed by atoms with E-state index < -0.39 is 15.1 Å². The van der Waals surface area contributed by atoms with Crippen molar-refractivity contribution in [3.63, 3.8) is 0 Å². The third-order valence-corrected chi connectivity index (χ3v) is 7.97. The monoisotopic (exact) mass is 431 g/mol. The maximum absolute atomic E-state index is 12.9. The van der Waals surface area contributed by atoms with Crippen LogP contribution in [0.5, 0.6) is 0 Å². The van der Waals surface area contributed by atoms with E-state index in [9.17, 15) is 18.0 Å². The number of benzene rings is 1. The van der Waals surface area contributed by atoms with Gasteiger partial charge >= 0.3 is 0 Å². The second kappa shape index (κ2) is 8.22. The van der Waals surface area contributed by atoms with Crippen molar-refractivity contribution in [1.29, 1.82) is 0 Å². The van der Waals surface area contributed by atoms with Crippen molar-refractivity contribution >= 4 is 27.3 Å². The smallest absolute Gasteiger partial charge is 0.273 e. The van der Waals surface area contributed by atoms with Crippen molar-refractivity contribution in [2.45, 2.75) is 67.6 Å². The van der Waals surface area contributed by atoms with Crippen LogP contribution in [0.4, 0.5) is 5.69 Å². The molecule has 2 aliphatic carbocycles. The number of anilines is 1. The van der Waals surface area contributed by atoms with Gasteiger partial charge in [0.25, 0.3) is 5.91 Å². The van der Waals surface area contributed by atoms with Crippen molar-refractivity contribution in [1.82, 2.24) is 10.5 Å². The van der Waals surface area contributed by atoms with Crippen LogP contribution in [0.1, 0.15) is 67.6 Å². The molecule has 160 valence electrons. The van der Waals surface area contributed by atoms with Gasteiger partial charge in [-0.05, 0) is 62.8 Å². The van der Waals surface area contributed by atoms with Gasteiger partial charge in [-0.2, -0.15) is 0 Å². The largest absolute Gasteiger partial charge is 0.360 e. The Bertz CT molecular complexity index is 1030. The maximum atomic E-state index is 12.9. The molecule has 4 rings (SSSR count). The molecule has 0 unspecified atom stereocenters. The van der Waals surface area contributed by atoms with Crippen LogP contribution in [0.25, 0.3) is 0 Å². The highest BCUT2D eigenvalue weighted by Gasteiger charge is 2.33. The molecule has 1 heterocycles. The molecule has 1 aromatic carbocycles. The molecular weight excluding hydrogens is 406 g/mol. The minimum absolute atomic E-state index is 0.0767. The standard InChI is InChI=1S/C21H25N3O5S/c1-13(25)22-15-4-8-17(9-5-15)30(27,28)18-10-6-16(7-11-18)23-21(26)19-12-20(29-24-19)14-2-3-14/h4-5,8-9,12,14,16,18H,2-3,6-7,10-11H2,1H3,(H,22,25)(H,23,26). The average molecular weight is 432 g/mol. The highest BCUT2D eigenvalue weighted by Crippen LogP contribution is 2.40. The highest BCUT2D eigenvalue weighted by atomic mass is 32.2. The average Bonchev–Trinajstić information content (AvgIpc) is 3.45. The van der Waals surface area contributed by atoms with Gasteiger partial charge in [0, 0.05) is 30.6 Å². The van der Waals surface area contributed by atoms with E-state index in [1.807, 2.05) is 0 Å². The predicted molar refractivity (Wildman–Crippen MR) is 110 cm³/mol. The zero-order chi connectivity index (χ0) is 21.3. The van der Waals surface area contributed by atoms with Gasteiger partial charge in [-0.1, -0.05) is 5.16 Å². The second-order valence-electron chi connectivity index (χ2n) is 8.09. The fraction of sp³-hybridized carbons (Fsp3) is 0.476. The summed E-state index contributed by atoms with van der Waals surface area (Å²) in [6.07, 6.45) is 4.29. The van der Waals surface area contributed by atoms with Gasteiger partial charge in [-0.25, -0.2) is 8.42 Å². The van der Waals surface area contributed by atoms with E-state index in [2.05, 4.69) is 15.8 Å². The van der Waals surface area contributed by atoms with E-state index in [1.54, 1.807) is 18.2 Å². The molecule has 2 fully saturated rings. The first kappa shape index (κ1) is 20.6. The SMILES string of the molecule is CC(=O)Nc1ccc(S(=O)(=O)C2CCC(NC(=O)c3cc(C4CC4)on3)CC2)cc1. The zero-order valence-corrected chi connectivity index (χ0v) is 17.6. The molecule has 0 saturated heterocycles. The second-order valence-corrected chi connectivity index (χ2v) is 10.3. The summed E-state index contributed by atoms with van der Waals surface area (Å²) in [6, 6.07) is 7.86. The molecule has 1 aromatic heterocycles. The molecule has 0 atom stereocenters. The number of sulfone groups is 1. The molecule has 8 nitrogen and oxygen atoms in total. The molecule has 2 aromatic rings. The lowest BCUT2D eigenvalue weighted by atomic mass is 9.95. The first-order valence-electron chi connectivity index (χ1n) is 10.2. The van der Waals surface area contributed by atoms with Crippen LogP contribution >= 0.6 is 0 Å². The maximum Gasteiger partial charge on any atom is 0.273 e. The summed E-state index contributed by atoms with van der Waals surface area (Å²) in [7, 11) is -3.46. The van der Waals surface area contributed by atoms with Crippen molar-refractivity contribution in [2.75, 3.05) is 5.32 Å². The Balaban J connectivity index is 1.32. The van der Waals surface area contributed by atoms with Crippen molar-refractivity contribution in [2.24, 2.45) is 0 Å². The summed E-state index contributed by atoms with van der Waals surface area (Å²) in [5.41, 5.74) is 0.844. The van der Waals surface area contributed by atoms with Crippen LogP contribution in [0.2, 0.25) is 0 Å². The quantitative estimate of drug-likeness (QED) is 0.726. The van der Waals surface area contributed by atoms with Gasteiger partial charge in [-0.3, -0.25) is 9.59 Å². The van der Waals surface area contributed by atoms with E-state index in [4.69, 9.17) is 4.52 Å². The fourth-order valence-electron chi connectivity index (χ4n) is 3.86. The molecule has 2 N–H and O–H groups in total. The molecule has 0 bridgehead atoms. The molecular formula is C21H25N3O5S. The number of hydrogen-bond acceptors (Lipinski definition) is 6. The van der Waals surface area contributed by atoms with Gasteiger partial charge in [0.2, 0.25) is 5.91 Å². The molecule has 0 aliphatic heterocycles. The third kappa shape index (κ3) is 4.56. The molecule has 2 saturated carbocycles. The number of carbonyl (C=O) groups excluding carboxylic acids is 2. The van der Waals surface area contributed by atoms with Crippen molar-refractivity contribution in [3.05, 3.63) is 41.8 Å². The fourth-order valence-corrected chi connectivity index (χ4v) is 5.65. The van der Waals surface area contributed by atoms with Crippen molar-refractivity contribution < 1.29 is 22.5 Å². The normalized spacial score (nSPS) is 21.8. The van der Waals surface area contributed by atoms with E-state index in [1.165, 1.54) is 19.1 Å². The zero-order valence-electron chi connectivity index (χ0n) is 16.8. The Kier molecular flexibility index (Phi) is 5.64. The lowest BCUT2D eigenvalue weighted by molar-refractivity contribution is -0.114. The van der Waals surface area contributed by atoms with Crippen LogP contribution in [-0.2, 0) is 14.6 Å². The lowest BCUT2D eigenvalue weighted by Gasteiger charge is -2.28. The van der Waals surface area contributed by atoms with E-state index >= 15 is 0 Å². The summed E-state index contributed by atoms with van der Waals surface area (Å²) in [5.74, 6) is 0.678. The molecule has 2 aliphatic rings. The number of hydrogen-bond donors (Lipinski definition) is 2. The summed E-state index contributed by atoms with van der Waals surface area (Å²) in [4.78, 5) is 23.8. The van der Waals surface area contributed by atoms with Gasteiger partial charge in [-0.15, -0.1) is 0 Å².